The summed E-state index contributed by atoms with van der Waals surface area (Å²) in [7, 11) is 0. The predicted octanol–water partition coefficient (Wildman–Crippen LogP) is 4.33. The molecule has 1 aromatic carbocycles. The molecule has 2 saturated carbocycles. The fraction of sp³-hybridized carbons (Fsp3) is 0.545. The molecule has 2 fully saturated rings. The summed E-state index contributed by atoms with van der Waals surface area (Å²) >= 11 is 0. The van der Waals surface area contributed by atoms with Crippen molar-refractivity contribution < 1.29 is 18.3 Å². The average Bonchev–Trinajstić information content (AvgIpc) is 3.47. The van der Waals surface area contributed by atoms with Crippen molar-refractivity contribution in [3.05, 3.63) is 29.0 Å². The van der Waals surface area contributed by atoms with E-state index >= 15 is 8.78 Å². The normalized spacial score (nSPS) is 22.0. The molecule has 0 spiro atoms. The molecule has 1 atom stereocenters. The molecule has 156 valence electrons. The molecular formula is C22H27F2N3O2. The zero-order valence-corrected chi connectivity index (χ0v) is 16.9. The second-order valence-corrected chi connectivity index (χ2v) is 8.29. The Kier molecular flexibility index (Phi) is 5.32. The molecule has 5 nitrogen and oxygen atoms in total. The van der Waals surface area contributed by atoms with Crippen molar-refractivity contribution in [2.45, 2.75) is 77.0 Å². The van der Waals surface area contributed by atoms with Gasteiger partial charge < -0.3 is 20.4 Å². The van der Waals surface area contributed by atoms with E-state index in [4.69, 9.17) is 10.1 Å². The Morgan fingerprint density at radius 3 is 2.48 bits per heavy atom. The molecule has 0 saturated heterocycles. The number of amides is 1. The topological polar surface area (TPSA) is 65.4 Å². The lowest BCUT2D eigenvalue weighted by molar-refractivity contribution is -0.117. The third-order valence-electron chi connectivity index (χ3n) is 6.07. The number of allylic oxidation sites excluding steroid dienone is 1. The second-order valence-electron chi connectivity index (χ2n) is 8.29. The molecule has 1 unspecified atom stereocenters. The third kappa shape index (κ3) is 3.63. The van der Waals surface area contributed by atoms with Crippen LogP contribution in [0.25, 0.3) is 5.57 Å². The third-order valence-corrected chi connectivity index (χ3v) is 6.07. The average molecular weight is 403 g/mol. The number of anilines is 1. The van der Waals surface area contributed by atoms with Crippen LogP contribution in [0.15, 0.2) is 6.20 Å². The molecule has 1 amide bonds. The number of ether oxygens (including phenoxy) is 1. The molecule has 1 heterocycles. The minimum Gasteiger partial charge on any atom is -0.489 e. The number of carbonyl (C=O) groups is 1. The van der Waals surface area contributed by atoms with Gasteiger partial charge in [0.15, 0.2) is 11.6 Å². The van der Waals surface area contributed by atoms with Crippen molar-refractivity contribution >= 4 is 23.4 Å². The standard InChI is InChI=1S/C22H27F2N3O2/c1-12-6-9-17-21(27(12)13(2)28)20(24)19(23)18(22(17)29-16-4-3-5-16)14(10-25)11-26-15-7-8-15/h10-12,15-16,25-26H,3-9H2,1-2H3/b14-11+,25-10?. The van der Waals surface area contributed by atoms with E-state index in [1.54, 1.807) is 6.20 Å². The first-order chi connectivity index (χ1) is 13.9. The Bertz CT molecular complexity index is 876. The predicted molar refractivity (Wildman–Crippen MR) is 108 cm³/mol. The summed E-state index contributed by atoms with van der Waals surface area (Å²) in [6.07, 6.45) is 8.52. The summed E-state index contributed by atoms with van der Waals surface area (Å²) in [5.74, 6) is -2.14. The zero-order chi connectivity index (χ0) is 20.7. The van der Waals surface area contributed by atoms with Crippen LogP contribution in [0, 0.1) is 17.0 Å². The van der Waals surface area contributed by atoms with Crippen LogP contribution in [0.5, 0.6) is 5.75 Å². The van der Waals surface area contributed by atoms with Crippen LogP contribution < -0.4 is 15.0 Å². The smallest absolute Gasteiger partial charge is 0.224 e. The van der Waals surface area contributed by atoms with E-state index in [2.05, 4.69) is 5.32 Å². The molecule has 1 aromatic rings. The number of carbonyl (C=O) groups excluding carboxylic acids is 1. The number of hydrogen-bond acceptors (Lipinski definition) is 4. The summed E-state index contributed by atoms with van der Waals surface area (Å²) < 4.78 is 36.9. The van der Waals surface area contributed by atoms with Crippen molar-refractivity contribution in [3.8, 4) is 5.75 Å². The van der Waals surface area contributed by atoms with Gasteiger partial charge in [0, 0.05) is 42.6 Å². The van der Waals surface area contributed by atoms with Gasteiger partial charge in [-0.25, -0.2) is 8.78 Å². The molecule has 7 heteroatoms. The zero-order valence-electron chi connectivity index (χ0n) is 16.9. The Morgan fingerprint density at radius 2 is 1.93 bits per heavy atom. The van der Waals surface area contributed by atoms with Gasteiger partial charge in [-0.05, 0) is 51.9 Å². The van der Waals surface area contributed by atoms with Crippen molar-refractivity contribution in [2.24, 2.45) is 0 Å². The van der Waals surface area contributed by atoms with Crippen LogP contribution in [0.4, 0.5) is 14.5 Å². The fourth-order valence-corrected chi connectivity index (χ4v) is 4.04. The van der Waals surface area contributed by atoms with E-state index in [-0.39, 0.29) is 40.6 Å². The van der Waals surface area contributed by atoms with E-state index in [1.807, 2.05) is 6.92 Å². The minimum atomic E-state index is -1.06. The van der Waals surface area contributed by atoms with E-state index in [0.717, 1.165) is 38.3 Å². The van der Waals surface area contributed by atoms with Gasteiger partial charge in [-0.2, -0.15) is 0 Å². The lowest BCUT2D eigenvalue weighted by atomic mass is 9.90. The Labute approximate surface area is 169 Å². The molecule has 29 heavy (non-hydrogen) atoms. The number of rotatable bonds is 6. The van der Waals surface area contributed by atoms with E-state index in [0.29, 0.717) is 24.4 Å². The van der Waals surface area contributed by atoms with Gasteiger partial charge in [-0.3, -0.25) is 4.79 Å². The van der Waals surface area contributed by atoms with Crippen molar-refractivity contribution in [1.29, 1.82) is 5.41 Å². The van der Waals surface area contributed by atoms with Crippen LogP contribution in [0.1, 0.15) is 63.5 Å². The number of benzene rings is 1. The monoisotopic (exact) mass is 403 g/mol. The number of nitrogens with one attached hydrogen (secondary N) is 2. The highest BCUT2D eigenvalue weighted by Gasteiger charge is 2.37. The molecule has 3 aliphatic rings. The van der Waals surface area contributed by atoms with Crippen LogP contribution in [-0.4, -0.2) is 30.3 Å². The SMILES string of the molecule is CC(=O)N1c2c(F)c(F)c(/C(C=N)=C/NC3CC3)c(OC3CCC3)c2CCC1C. The van der Waals surface area contributed by atoms with Crippen molar-refractivity contribution in [2.75, 3.05) is 4.90 Å². The molecule has 0 radical (unpaired) electrons. The number of fused-ring (bicyclic) bond motifs is 1. The van der Waals surface area contributed by atoms with Crippen LogP contribution >= 0.6 is 0 Å². The highest BCUT2D eigenvalue weighted by molar-refractivity contribution is 6.10. The van der Waals surface area contributed by atoms with Crippen LogP contribution in [0.3, 0.4) is 0 Å². The summed E-state index contributed by atoms with van der Waals surface area (Å²) in [6, 6.07) is 0.103. The van der Waals surface area contributed by atoms with Gasteiger partial charge in [0.05, 0.1) is 17.4 Å². The maximum Gasteiger partial charge on any atom is 0.224 e. The minimum absolute atomic E-state index is 0.00805. The highest BCUT2D eigenvalue weighted by Crippen LogP contribution is 2.46. The summed E-state index contributed by atoms with van der Waals surface area (Å²) in [5.41, 5.74) is 0.748. The van der Waals surface area contributed by atoms with E-state index in [9.17, 15) is 4.79 Å². The highest BCUT2D eigenvalue weighted by atomic mass is 19.2. The molecule has 1 aliphatic heterocycles. The lowest BCUT2D eigenvalue weighted by Gasteiger charge is -2.38. The molecule has 4 rings (SSSR count). The van der Waals surface area contributed by atoms with Gasteiger partial charge in [0.25, 0.3) is 0 Å². The molecule has 2 aliphatic carbocycles. The first-order valence-corrected chi connectivity index (χ1v) is 10.4. The molecule has 0 bridgehead atoms. The van der Waals surface area contributed by atoms with Crippen LogP contribution in [0.2, 0.25) is 0 Å². The molecule has 0 aromatic heterocycles. The van der Waals surface area contributed by atoms with Gasteiger partial charge in [0.1, 0.15) is 5.75 Å². The fourth-order valence-electron chi connectivity index (χ4n) is 4.04. The Hall–Kier alpha value is -2.44. The first kappa shape index (κ1) is 19.9. The number of halogens is 2. The quantitative estimate of drug-likeness (QED) is 0.695. The van der Waals surface area contributed by atoms with Gasteiger partial charge in [-0.1, -0.05) is 0 Å². The molecule has 2 N–H and O–H groups in total. The van der Waals surface area contributed by atoms with Gasteiger partial charge >= 0.3 is 0 Å². The summed E-state index contributed by atoms with van der Waals surface area (Å²) in [5, 5.41) is 11.0. The maximum atomic E-state index is 15.4. The van der Waals surface area contributed by atoms with Gasteiger partial charge in [0.2, 0.25) is 5.91 Å². The van der Waals surface area contributed by atoms with Crippen molar-refractivity contribution in [1.82, 2.24) is 5.32 Å². The van der Waals surface area contributed by atoms with E-state index in [1.165, 1.54) is 11.8 Å². The maximum absolute atomic E-state index is 15.4. The summed E-state index contributed by atoms with van der Waals surface area (Å²) in [4.78, 5) is 13.6. The Morgan fingerprint density at radius 1 is 1.21 bits per heavy atom. The Balaban J connectivity index is 1.90. The van der Waals surface area contributed by atoms with Crippen LogP contribution in [-0.2, 0) is 11.2 Å². The second kappa shape index (κ2) is 7.76. The summed E-state index contributed by atoms with van der Waals surface area (Å²) in [6.45, 7) is 3.20. The van der Waals surface area contributed by atoms with Crippen molar-refractivity contribution in [3.63, 3.8) is 0 Å². The van der Waals surface area contributed by atoms with E-state index < -0.39 is 11.6 Å². The van der Waals surface area contributed by atoms with Gasteiger partial charge in [-0.15, -0.1) is 0 Å². The molecular weight excluding hydrogens is 376 g/mol. The lowest BCUT2D eigenvalue weighted by Crippen LogP contribution is -2.42. The first-order valence-electron chi connectivity index (χ1n) is 10.4. The number of nitrogens with zero attached hydrogens (tertiary/aromatic N) is 1. The largest absolute Gasteiger partial charge is 0.489 e. The number of hydrogen-bond donors (Lipinski definition) is 2.